The van der Waals surface area contributed by atoms with Crippen LogP contribution in [0.4, 0.5) is 0 Å². The highest BCUT2D eigenvalue weighted by Crippen LogP contribution is 2.17. The van der Waals surface area contributed by atoms with Crippen molar-refractivity contribution in [1.82, 2.24) is 0 Å². The highest BCUT2D eigenvalue weighted by atomic mass is 79.9. The van der Waals surface area contributed by atoms with E-state index in [1.54, 1.807) is 6.92 Å². The Kier molecular flexibility index (Phi) is 5.92. The minimum atomic E-state index is -3.44. The molecule has 0 aliphatic heterocycles. The lowest BCUT2D eigenvalue weighted by Gasteiger charge is -2.10. The summed E-state index contributed by atoms with van der Waals surface area (Å²) in [5.74, 6) is -0.176. The number of rotatable bonds is 6. The van der Waals surface area contributed by atoms with Gasteiger partial charge in [-0.1, -0.05) is 41.1 Å². The van der Waals surface area contributed by atoms with E-state index < -0.39 is 9.05 Å². The maximum absolute atomic E-state index is 10.8. The molecule has 0 amide bonds. The topological polar surface area (TPSA) is 43.4 Å². The molecule has 0 aliphatic carbocycles. The predicted octanol–water partition coefficient (Wildman–Crippen LogP) is 3.17. The Bertz CT molecular complexity index is 462. The molecule has 1 aromatic carbocycles. The van der Waals surface area contributed by atoms with Crippen LogP contribution in [0.3, 0.4) is 0 Å². The van der Waals surface area contributed by atoms with Crippen LogP contribution >= 0.6 is 26.6 Å². The van der Waals surface area contributed by atoms with Crippen LogP contribution < -0.4 is 0 Å². The summed E-state index contributed by atoms with van der Waals surface area (Å²) in [4.78, 5) is 0. The average molecular weight is 342 g/mol. The van der Waals surface area contributed by atoms with Crippen molar-refractivity contribution >= 4 is 35.7 Å². The SMILES string of the molecule is CC(COCc1ccccc1Br)CS(=O)(=O)Cl. The Morgan fingerprint density at radius 2 is 2.06 bits per heavy atom. The fraction of sp³-hybridized carbons (Fsp3) is 0.455. The van der Waals surface area contributed by atoms with E-state index in [1.165, 1.54) is 0 Å². The summed E-state index contributed by atoms with van der Waals surface area (Å²) in [6.45, 7) is 2.61. The van der Waals surface area contributed by atoms with Crippen LogP contribution in [0.25, 0.3) is 0 Å². The second-order valence-corrected chi connectivity index (χ2v) is 7.59. The molecule has 0 radical (unpaired) electrons. The molecule has 0 saturated heterocycles. The average Bonchev–Trinajstić information content (AvgIpc) is 2.18. The molecule has 0 fully saturated rings. The molecule has 0 aliphatic rings. The van der Waals surface area contributed by atoms with E-state index in [0.717, 1.165) is 10.0 Å². The normalized spacial score (nSPS) is 13.6. The lowest BCUT2D eigenvalue weighted by molar-refractivity contribution is 0.0975. The number of benzene rings is 1. The minimum Gasteiger partial charge on any atom is -0.376 e. The van der Waals surface area contributed by atoms with Gasteiger partial charge in [0.05, 0.1) is 19.0 Å². The van der Waals surface area contributed by atoms with E-state index in [2.05, 4.69) is 15.9 Å². The molecule has 0 bridgehead atoms. The van der Waals surface area contributed by atoms with Crippen molar-refractivity contribution in [2.24, 2.45) is 5.92 Å². The van der Waals surface area contributed by atoms with Gasteiger partial charge in [0.1, 0.15) is 0 Å². The van der Waals surface area contributed by atoms with Crippen LogP contribution in [0.15, 0.2) is 28.7 Å². The van der Waals surface area contributed by atoms with Crippen molar-refractivity contribution in [1.29, 1.82) is 0 Å². The van der Waals surface area contributed by atoms with Crippen molar-refractivity contribution in [3.05, 3.63) is 34.3 Å². The first kappa shape index (κ1) is 15.0. The molecule has 0 N–H and O–H groups in total. The van der Waals surface area contributed by atoms with Gasteiger partial charge in [-0.2, -0.15) is 0 Å². The summed E-state index contributed by atoms with van der Waals surface area (Å²) < 4.78 is 28.1. The molecule has 1 atom stereocenters. The molecule has 1 aromatic rings. The zero-order chi connectivity index (χ0) is 12.9. The van der Waals surface area contributed by atoms with E-state index in [0.29, 0.717) is 13.2 Å². The van der Waals surface area contributed by atoms with Crippen LogP contribution in [0.1, 0.15) is 12.5 Å². The number of hydrogen-bond acceptors (Lipinski definition) is 3. The standard InChI is InChI=1S/C11H14BrClO3S/c1-9(8-17(13,14)15)6-16-7-10-4-2-3-5-11(10)12/h2-5,9H,6-8H2,1H3. The van der Waals surface area contributed by atoms with Gasteiger partial charge in [-0.05, 0) is 17.5 Å². The molecular weight excluding hydrogens is 328 g/mol. The van der Waals surface area contributed by atoms with Crippen LogP contribution in [0, 0.1) is 5.92 Å². The quantitative estimate of drug-likeness (QED) is 0.746. The van der Waals surface area contributed by atoms with Gasteiger partial charge in [0.2, 0.25) is 9.05 Å². The van der Waals surface area contributed by atoms with Crippen molar-refractivity contribution in [3.8, 4) is 0 Å². The lowest BCUT2D eigenvalue weighted by atomic mass is 10.2. The van der Waals surface area contributed by atoms with E-state index in [1.807, 2.05) is 24.3 Å². The summed E-state index contributed by atoms with van der Waals surface area (Å²) in [6.07, 6.45) is 0. The van der Waals surface area contributed by atoms with Gasteiger partial charge in [-0.25, -0.2) is 8.42 Å². The molecule has 0 spiro atoms. The molecule has 96 valence electrons. The summed E-state index contributed by atoms with van der Waals surface area (Å²) >= 11 is 3.42. The third-order valence-corrected chi connectivity index (χ3v) is 4.22. The van der Waals surface area contributed by atoms with E-state index in [4.69, 9.17) is 15.4 Å². The van der Waals surface area contributed by atoms with Crippen molar-refractivity contribution < 1.29 is 13.2 Å². The zero-order valence-electron chi connectivity index (χ0n) is 9.40. The van der Waals surface area contributed by atoms with Gasteiger partial charge < -0.3 is 4.74 Å². The Labute approximate surface area is 115 Å². The van der Waals surface area contributed by atoms with E-state index in [9.17, 15) is 8.42 Å². The van der Waals surface area contributed by atoms with Gasteiger partial charge >= 0.3 is 0 Å². The number of hydrogen-bond donors (Lipinski definition) is 0. The Hall–Kier alpha value is -0.100. The van der Waals surface area contributed by atoms with Gasteiger partial charge in [-0.15, -0.1) is 0 Å². The highest BCUT2D eigenvalue weighted by molar-refractivity contribution is 9.10. The summed E-state index contributed by atoms with van der Waals surface area (Å²) in [7, 11) is 1.71. The maximum atomic E-state index is 10.8. The summed E-state index contributed by atoms with van der Waals surface area (Å²) in [5.41, 5.74) is 1.04. The second kappa shape index (κ2) is 6.73. The molecule has 1 rings (SSSR count). The van der Waals surface area contributed by atoms with Crippen LogP contribution in [-0.2, 0) is 20.4 Å². The molecule has 0 heterocycles. The minimum absolute atomic E-state index is 0.0650. The fourth-order valence-corrected chi connectivity index (χ4v) is 3.19. The Balaban J connectivity index is 2.36. The van der Waals surface area contributed by atoms with Gasteiger partial charge in [0.25, 0.3) is 0 Å². The van der Waals surface area contributed by atoms with E-state index >= 15 is 0 Å². The highest BCUT2D eigenvalue weighted by Gasteiger charge is 2.12. The molecular formula is C11H14BrClO3S. The molecule has 6 heteroatoms. The zero-order valence-corrected chi connectivity index (χ0v) is 12.6. The molecule has 0 saturated carbocycles. The largest absolute Gasteiger partial charge is 0.376 e. The molecule has 3 nitrogen and oxygen atoms in total. The van der Waals surface area contributed by atoms with Gasteiger partial charge in [-0.3, -0.25) is 0 Å². The molecule has 0 aromatic heterocycles. The Morgan fingerprint density at radius 3 is 2.65 bits per heavy atom. The fourth-order valence-electron chi connectivity index (χ4n) is 1.37. The van der Waals surface area contributed by atoms with Crippen molar-refractivity contribution in [3.63, 3.8) is 0 Å². The lowest BCUT2D eigenvalue weighted by Crippen LogP contribution is -2.14. The van der Waals surface area contributed by atoms with Gasteiger partial charge in [0, 0.05) is 15.2 Å². The maximum Gasteiger partial charge on any atom is 0.232 e. The van der Waals surface area contributed by atoms with Crippen molar-refractivity contribution in [2.75, 3.05) is 12.4 Å². The summed E-state index contributed by atoms with van der Waals surface area (Å²) in [5, 5.41) is 0. The van der Waals surface area contributed by atoms with Crippen molar-refractivity contribution in [2.45, 2.75) is 13.5 Å². The first-order chi connectivity index (χ1) is 7.88. The number of ether oxygens (including phenoxy) is 1. The molecule has 1 unspecified atom stereocenters. The number of halogens is 2. The molecule has 17 heavy (non-hydrogen) atoms. The monoisotopic (exact) mass is 340 g/mol. The first-order valence-electron chi connectivity index (χ1n) is 5.12. The Morgan fingerprint density at radius 1 is 1.41 bits per heavy atom. The smallest absolute Gasteiger partial charge is 0.232 e. The predicted molar refractivity (Wildman–Crippen MR) is 72.6 cm³/mol. The third-order valence-electron chi connectivity index (χ3n) is 2.10. The van der Waals surface area contributed by atoms with Crippen LogP contribution in [0.5, 0.6) is 0 Å². The van der Waals surface area contributed by atoms with Gasteiger partial charge in [0.15, 0.2) is 0 Å². The summed E-state index contributed by atoms with van der Waals surface area (Å²) in [6, 6.07) is 7.74. The van der Waals surface area contributed by atoms with Crippen LogP contribution in [-0.4, -0.2) is 20.8 Å². The van der Waals surface area contributed by atoms with Crippen LogP contribution in [0.2, 0.25) is 0 Å². The van der Waals surface area contributed by atoms with E-state index in [-0.39, 0.29) is 11.7 Å². The first-order valence-corrected chi connectivity index (χ1v) is 8.39. The third kappa shape index (κ3) is 6.41. The second-order valence-electron chi connectivity index (χ2n) is 3.92.